The minimum Gasteiger partial charge on any atom is -0.251 e. The highest BCUT2D eigenvalue weighted by Crippen LogP contribution is 2.12. The van der Waals surface area contributed by atoms with Crippen molar-refractivity contribution < 1.29 is 0 Å². The summed E-state index contributed by atoms with van der Waals surface area (Å²) in [5.74, 6) is 0. The van der Waals surface area contributed by atoms with E-state index < -0.39 is 0 Å². The van der Waals surface area contributed by atoms with Crippen LogP contribution in [0.15, 0.2) is 36.4 Å². The van der Waals surface area contributed by atoms with Gasteiger partial charge in [0.25, 0.3) is 0 Å². The minimum absolute atomic E-state index is 0.867. The van der Waals surface area contributed by atoms with Crippen molar-refractivity contribution in [3.05, 3.63) is 48.3 Å². The number of pyridine rings is 2. The van der Waals surface area contributed by atoms with Crippen molar-refractivity contribution in [1.82, 2.24) is 9.97 Å². The SMILES string of the molecule is Cc1cccc(-c2ccc[c]n2)n1. The van der Waals surface area contributed by atoms with E-state index in [4.69, 9.17) is 0 Å². The highest BCUT2D eigenvalue weighted by Gasteiger charge is 1.98. The molecular formula is C11H9N2. The molecule has 0 aliphatic rings. The first-order chi connectivity index (χ1) is 6.36. The molecule has 0 fully saturated rings. The van der Waals surface area contributed by atoms with E-state index in [0.717, 1.165) is 17.1 Å². The van der Waals surface area contributed by atoms with Gasteiger partial charge in [-0.15, -0.1) is 0 Å². The lowest BCUT2D eigenvalue weighted by Crippen LogP contribution is -1.87. The Bertz CT molecular complexity index is 396. The average molecular weight is 169 g/mol. The fourth-order valence-corrected chi connectivity index (χ4v) is 1.15. The highest BCUT2D eigenvalue weighted by atomic mass is 14.8. The standard InChI is InChI=1S/C11H9N2/c1-9-5-4-7-11(13-9)10-6-2-3-8-12-10/h2-7H,1H3. The van der Waals surface area contributed by atoms with Crippen LogP contribution in [0.3, 0.4) is 0 Å². The lowest BCUT2D eigenvalue weighted by Gasteiger charge is -1.99. The average Bonchev–Trinajstić information content (AvgIpc) is 2.19. The molecule has 0 aromatic carbocycles. The van der Waals surface area contributed by atoms with Crippen LogP contribution in [0.25, 0.3) is 11.4 Å². The quantitative estimate of drug-likeness (QED) is 0.654. The molecule has 2 heteroatoms. The molecule has 0 unspecified atom stereocenters. The van der Waals surface area contributed by atoms with Crippen LogP contribution in [0.5, 0.6) is 0 Å². The Labute approximate surface area is 77.3 Å². The predicted octanol–water partition coefficient (Wildman–Crippen LogP) is 2.25. The number of nitrogens with zero attached hydrogens (tertiary/aromatic N) is 2. The normalized spacial score (nSPS) is 9.92. The molecule has 0 saturated heterocycles. The summed E-state index contributed by atoms with van der Waals surface area (Å²) >= 11 is 0. The number of hydrogen-bond donors (Lipinski definition) is 0. The summed E-state index contributed by atoms with van der Waals surface area (Å²) in [6, 6.07) is 11.5. The molecule has 0 atom stereocenters. The molecule has 0 spiro atoms. The molecule has 2 aromatic rings. The first-order valence-corrected chi connectivity index (χ1v) is 4.13. The molecule has 2 rings (SSSR count). The van der Waals surface area contributed by atoms with E-state index in [1.54, 1.807) is 6.07 Å². The number of aryl methyl sites for hydroxylation is 1. The molecule has 2 aromatic heterocycles. The zero-order chi connectivity index (χ0) is 9.10. The van der Waals surface area contributed by atoms with Crippen LogP contribution >= 0.6 is 0 Å². The summed E-state index contributed by atoms with van der Waals surface area (Å²) in [4.78, 5) is 8.46. The number of rotatable bonds is 1. The van der Waals surface area contributed by atoms with Gasteiger partial charge >= 0.3 is 0 Å². The fraction of sp³-hybridized carbons (Fsp3) is 0.0909. The van der Waals surface area contributed by atoms with Crippen LogP contribution in [0, 0.1) is 13.1 Å². The van der Waals surface area contributed by atoms with Crippen LogP contribution in [0.1, 0.15) is 5.69 Å². The van der Waals surface area contributed by atoms with E-state index in [1.165, 1.54) is 0 Å². The molecule has 0 aliphatic carbocycles. The molecule has 2 nitrogen and oxygen atoms in total. The Morgan fingerprint density at radius 2 is 1.92 bits per heavy atom. The van der Waals surface area contributed by atoms with Crippen LogP contribution in [-0.4, -0.2) is 9.97 Å². The molecule has 2 heterocycles. The molecule has 0 bridgehead atoms. The monoisotopic (exact) mass is 169 g/mol. The smallest absolute Gasteiger partial charge is 0.0894 e. The third kappa shape index (κ3) is 1.72. The van der Waals surface area contributed by atoms with Crippen LogP contribution in [0.2, 0.25) is 0 Å². The Morgan fingerprint density at radius 3 is 2.62 bits per heavy atom. The summed E-state index contributed by atoms with van der Waals surface area (Å²) in [6.07, 6.45) is 2.79. The summed E-state index contributed by atoms with van der Waals surface area (Å²) in [5.41, 5.74) is 2.77. The van der Waals surface area contributed by atoms with Gasteiger partial charge in [-0.2, -0.15) is 0 Å². The van der Waals surface area contributed by atoms with Crippen LogP contribution < -0.4 is 0 Å². The van der Waals surface area contributed by atoms with Crippen LogP contribution in [0.4, 0.5) is 0 Å². The molecule has 0 amide bonds. The maximum absolute atomic E-state index is 4.36. The van der Waals surface area contributed by atoms with Gasteiger partial charge in [-0.25, -0.2) is 4.98 Å². The molecule has 13 heavy (non-hydrogen) atoms. The van der Waals surface area contributed by atoms with E-state index in [9.17, 15) is 0 Å². The fourth-order valence-electron chi connectivity index (χ4n) is 1.15. The topological polar surface area (TPSA) is 25.8 Å². The van der Waals surface area contributed by atoms with Crippen molar-refractivity contribution in [1.29, 1.82) is 0 Å². The summed E-state index contributed by atoms with van der Waals surface area (Å²) in [6.45, 7) is 1.97. The van der Waals surface area contributed by atoms with Gasteiger partial charge in [0.05, 0.1) is 17.6 Å². The molecule has 0 N–H and O–H groups in total. The van der Waals surface area contributed by atoms with Crippen molar-refractivity contribution in [2.24, 2.45) is 0 Å². The van der Waals surface area contributed by atoms with Crippen molar-refractivity contribution in [2.45, 2.75) is 6.92 Å². The van der Waals surface area contributed by atoms with Crippen molar-refractivity contribution in [3.8, 4) is 11.4 Å². The zero-order valence-corrected chi connectivity index (χ0v) is 7.36. The second-order valence-electron chi connectivity index (χ2n) is 2.82. The molecule has 0 aliphatic heterocycles. The van der Waals surface area contributed by atoms with E-state index in [0.29, 0.717) is 0 Å². The van der Waals surface area contributed by atoms with E-state index in [2.05, 4.69) is 16.2 Å². The second-order valence-corrected chi connectivity index (χ2v) is 2.82. The van der Waals surface area contributed by atoms with Crippen molar-refractivity contribution in [3.63, 3.8) is 0 Å². The van der Waals surface area contributed by atoms with Gasteiger partial charge in [-0.3, -0.25) is 4.98 Å². The second kappa shape index (κ2) is 3.35. The Balaban J connectivity index is 2.48. The van der Waals surface area contributed by atoms with Gasteiger partial charge < -0.3 is 0 Å². The summed E-state index contributed by atoms with van der Waals surface area (Å²) in [5, 5.41) is 0. The van der Waals surface area contributed by atoms with Crippen molar-refractivity contribution in [2.75, 3.05) is 0 Å². The third-order valence-electron chi connectivity index (χ3n) is 1.76. The molecule has 0 saturated carbocycles. The van der Waals surface area contributed by atoms with Gasteiger partial charge in [0.2, 0.25) is 0 Å². The Hall–Kier alpha value is -1.70. The molecule has 63 valence electrons. The Kier molecular flexibility index (Phi) is 2.04. The lowest BCUT2D eigenvalue weighted by atomic mass is 10.2. The van der Waals surface area contributed by atoms with Gasteiger partial charge in [-0.05, 0) is 31.2 Å². The predicted molar refractivity (Wildman–Crippen MR) is 51.0 cm³/mol. The molecule has 1 radical (unpaired) electrons. The highest BCUT2D eigenvalue weighted by molar-refractivity contribution is 5.53. The van der Waals surface area contributed by atoms with E-state index in [-0.39, 0.29) is 0 Å². The van der Waals surface area contributed by atoms with Crippen molar-refractivity contribution >= 4 is 0 Å². The van der Waals surface area contributed by atoms with E-state index >= 15 is 0 Å². The lowest BCUT2D eigenvalue weighted by molar-refractivity contribution is 1.17. The summed E-state index contributed by atoms with van der Waals surface area (Å²) < 4.78 is 0. The number of hydrogen-bond acceptors (Lipinski definition) is 2. The van der Waals surface area contributed by atoms with Gasteiger partial charge in [-0.1, -0.05) is 12.1 Å². The van der Waals surface area contributed by atoms with E-state index in [1.807, 2.05) is 37.3 Å². The first kappa shape index (κ1) is 7.92. The van der Waals surface area contributed by atoms with Gasteiger partial charge in [0.1, 0.15) is 0 Å². The summed E-state index contributed by atoms with van der Waals surface area (Å²) in [7, 11) is 0. The van der Waals surface area contributed by atoms with Gasteiger partial charge in [0.15, 0.2) is 0 Å². The zero-order valence-electron chi connectivity index (χ0n) is 7.36. The third-order valence-corrected chi connectivity index (χ3v) is 1.76. The molecular weight excluding hydrogens is 160 g/mol. The maximum Gasteiger partial charge on any atom is 0.0894 e. The largest absolute Gasteiger partial charge is 0.251 e. The minimum atomic E-state index is 0.867. The number of aromatic nitrogens is 2. The first-order valence-electron chi connectivity index (χ1n) is 4.13. The maximum atomic E-state index is 4.36. The van der Waals surface area contributed by atoms with Gasteiger partial charge in [0, 0.05) is 5.69 Å². The Morgan fingerprint density at radius 1 is 1.08 bits per heavy atom. The van der Waals surface area contributed by atoms with Crippen LogP contribution in [-0.2, 0) is 0 Å².